The van der Waals surface area contributed by atoms with E-state index in [1.54, 1.807) is 25.4 Å². The summed E-state index contributed by atoms with van der Waals surface area (Å²) in [4.78, 5) is 20.6. The molecule has 2 heterocycles. The predicted molar refractivity (Wildman–Crippen MR) is 81.2 cm³/mol. The molecule has 0 aliphatic rings. The number of amides is 1. The molecule has 7 nitrogen and oxygen atoms in total. The van der Waals surface area contributed by atoms with Gasteiger partial charge in [-0.25, -0.2) is 9.50 Å². The lowest BCUT2D eigenvalue weighted by Gasteiger charge is -2.09. The van der Waals surface area contributed by atoms with E-state index in [0.717, 1.165) is 11.3 Å². The summed E-state index contributed by atoms with van der Waals surface area (Å²) in [6.45, 7) is 3.81. The largest absolute Gasteiger partial charge is 0.495 e. The molecular weight excluding hydrogens is 282 g/mol. The maximum Gasteiger partial charge on any atom is 0.295 e. The Hall–Kier alpha value is -2.96. The molecule has 0 saturated heterocycles. The first-order valence-corrected chi connectivity index (χ1v) is 6.73. The summed E-state index contributed by atoms with van der Waals surface area (Å²) < 4.78 is 6.77. The summed E-state index contributed by atoms with van der Waals surface area (Å²) in [7, 11) is 1.55. The highest BCUT2D eigenvalue weighted by atomic mass is 16.5. The highest BCUT2D eigenvalue weighted by Gasteiger charge is 2.16. The number of ether oxygens (including phenoxy) is 1. The van der Waals surface area contributed by atoms with Crippen molar-refractivity contribution in [2.45, 2.75) is 13.8 Å². The SMILES string of the molecule is COc1ccc(C)cc1NC(=O)c1nc2nccc(C)n2n1. The summed E-state index contributed by atoms with van der Waals surface area (Å²) >= 11 is 0. The molecule has 0 aliphatic carbocycles. The van der Waals surface area contributed by atoms with Crippen molar-refractivity contribution in [2.24, 2.45) is 0 Å². The number of aromatic nitrogens is 4. The Morgan fingerprint density at radius 1 is 1.27 bits per heavy atom. The van der Waals surface area contributed by atoms with Gasteiger partial charge in [0, 0.05) is 11.9 Å². The van der Waals surface area contributed by atoms with Gasteiger partial charge in [0.05, 0.1) is 12.8 Å². The Labute approximate surface area is 127 Å². The van der Waals surface area contributed by atoms with Gasteiger partial charge in [-0.05, 0) is 37.6 Å². The van der Waals surface area contributed by atoms with Crippen LogP contribution in [0.5, 0.6) is 5.75 Å². The van der Waals surface area contributed by atoms with E-state index in [4.69, 9.17) is 4.74 Å². The average Bonchev–Trinajstić information content (AvgIpc) is 2.93. The van der Waals surface area contributed by atoms with Crippen molar-refractivity contribution in [2.75, 3.05) is 12.4 Å². The van der Waals surface area contributed by atoms with Gasteiger partial charge in [0.2, 0.25) is 5.82 Å². The van der Waals surface area contributed by atoms with E-state index < -0.39 is 5.91 Å². The fraction of sp³-hybridized carbons (Fsp3) is 0.200. The third-order valence-corrected chi connectivity index (χ3v) is 3.24. The molecule has 22 heavy (non-hydrogen) atoms. The van der Waals surface area contributed by atoms with Gasteiger partial charge < -0.3 is 10.1 Å². The van der Waals surface area contributed by atoms with Gasteiger partial charge in [-0.1, -0.05) is 6.07 Å². The van der Waals surface area contributed by atoms with Crippen LogP contribution in [0.15, 0.2) is 30.5 Å². The summed E-state index contributed by atoms with van der Waals surface area (Å²) in [5.74, 6) is 0.623. The van der Waals surface area contributed by atoms with Crippen LogP contribution in [0.25, 0.3) is 5.78 Å². The van der Waals surface area contributed by atoms with Crippen LogP contribution in [0.2, 0.25) is 0 Å². The average molecular weight is 297 g/mol. The number of benzene rings is 1. The number of aryl methyl sites for hydroxylation is 2. The number of nitrogens with zero attached hydrogens (tertiary/aromatic N) is 4. The fourth-order valence-corrected chi connectivity index (χ4v) is 2.10. The van der Waals surface area contributed by atoms with Gasteiger partial charge >= 0.3 is 0 Å². The van der Waals surface area contributed by atoms with E-state index in [2.05, 4.69) is 20.4 Å². The van der Waals surface area contributed by atoms with E-state index in [9.17, 15) is 4.79 Å². The summed E-state index contributed by atoms with van der Waals surface area (Å²) in [6, 6.07) is 7.33. The van der Waals surface area contributed by atoms with Gasteiger partial charge in [0.1, 0.15) is 5.75 Å². The van der Waals surface area contributed by atoms with Crippen molar-refractivity contribution in [3.05, 3.63) is 47.5 Å². The molecule has 2 aromatic heterocycles. The number of hydrogen-bond acceptors (Lipinski definition) is 5. The predicted octanol–water partition coefficient (Wildman–Crippen LogP) is 2.00. The highest BCUT2D eigenvalue weighted by molar-refractivity contribution is 6.02. The zero-order chi connectivity index (χ0) is 15.7. The molecule has 0 fully saturated rings. The molecule has 3 aromatic rings. The van der Waals surface area contributed by atoms with Crippen molar-refractivity contribution >= 4 is 17.4 Å². The lowest BCUT2D eigenvalue weighted by molar-refractivity contribution is 0.101. The number of fused-ring (bicyclic) bond motifs is 1. The third-order valence-electron chi connectivity index (χ3n) is 3.24. The summed E-state index contributed by atoms with van der Waals surface area (Å²) in [6.07, 6.45) is 1.63. The Balaban J connectivity index is 1.93. The Morgan fingerprint density at radius 2 is 2.09 bits per heavy atom. The second kappa shape index (κ2) is 5.44. The quantitative estimate of drug-likeness (QED) is 0.799. The minimum Gasteiger partial charge on any atom is -0.495 e. The molecule has 0 atom stereocenters. The molecule has 0 aliphatic heterocycles. The van der Waals surface area contributed by atoms with Crippen LogP contribution in [0.4, 0.5) is 5.69 Å². The van der Waals surface area contributed by atoms with E-state index in [1.807, 2.05) is 26.0 Å². The molecule has 0 spiro atoms. The summed E-state index contributed by atoms with van der Waals surface area (Å²) in [5.41, 5.74) is 2.44. The zero-order valence-corrected chi connectivity index (χ0v) is 12.5. The van der Waals surface area contributed by atoms with Gasteiger partial charge in [-0.3, -0.25) is 4.79 Å². The Kier molecular flexibility index (Phi) is 3.46. The lowest BCUT2D eigenvalue weighted by atomic mass is 10.2. The number of anilines is 1. The van der Waals surface area contributed by atoms with E-state index >= 15 is 0 Å². The third kappa shape index (κ3) is 2.48. The molecular formula is C15H15N5O2. The van der Waals surface area contributed by atoms with Gasteiger partial charge in [0.25, 0.3) is 11.7 Å². The summed E-state index contributed by atoms with van der Waals surface area (Å²) in [5, 5.41) is 6.95. The van der Waals surface area contributed by atoms with Crippen molar-refractivity contribution in [1.29, 1.82) is 0 Å². The number of nitrogens with one attached hydrogen (secondary N) is 1. The molecule has 3 rings (SSSR count). The molecule has 7 heteroatoms. The Bertz CT molecular complexity index is 856. The first kappa shape index (κ1) is 14.0. The van der Waals surface area contributed by atoms with Crippen LogP contribution in [0.3, 0.4) is 0 Å². The minimum absolute atomic E-state index is 0.0605. The van der Waals surface area contributed by atoms with Crippen molar-refractivity contribution in [3.63, 3.8) is 0 Å². The normalized spacial score (nSPS) is 10.7. The monoisotopic (exact) mass is 297 g/mol. The molecule has 1 N–H and O–H groups in total. The van der Waals surface area contributed by atoms with E-state index in [0.29, 0.717) is 17.2 Å². The highest BCUT2D eigenvalue weighted by Crippen LogP contribution is 2.25. The molecule has 1 aromatic carbocycles. The number of hydrogen-bond donors (Lipinski definition) is 1. The molecule has 0 radical (unpaired) electrons. The van der Waals surface area contributed by atoms with Gasteiger partial charge in [-0.15, -0.1) is 5.10 Å². The van der Waals surface area contributed by atoms with Crippen LogP contribution in [0.1, 0.15) is 21.9 Å². The zero-order valence-electron chi connectivity index (χ0n) is 12.5. The van der Waals surface area contributed by atoms with Crippen LogP contribution in [-0.2, 0) is 0 Å². The smallest absolute Gasteiger partial charge is 0.295 e. The molecule has 112 valence electrons. The molecule has 1 amide bonds. The minimum atomic E-state index is -0.409. The van der Waals surface area contributed by atoms with Gasteiger partial charge in [0.15, 0.2) is 0 Å². The number of carbonyl (C=O) groups excluding carboxylic acids is 1. The first-order chi connectivity index (χ1) is 10.6. The van der Waals surface area contributed by atoms with Crippen LogP contribution >= 0.6 is 0 Å². The lowest BCUT2D eigenvalue weighted by Crippen LogP contribution is -2.14. The number of methoxy groups -OCH3 is 1. The second-order valence-corrected chi connectivity index (χ2v) is 4.89. The van der Waals surface area contributed by atoms with Crippen LogP contribution < -0.4 is 10.1 Å². The van der Waals surface area contributed by atoms with Gasteiger partial charge in [-0.2, -0.15) is 4.98 Å². The standard InChI is InChI=1S/C15H15N5O2/c1-9-4-5-12(22-3)11(8-9)17-14(21)13-18-15-16-7-6-10(2)20(15)19-13/h4-8H,1-3H3,(H,17,21). The van der Waals surface area contributed by atoms with Crippen molar-refractivity contribution in [3.8, 4) is 5.75 Å². The number of carbonyl (C=O) groups is 1. The molecule has 0 saturated carbocycles. The molecule has 0 unspecified atom stereocenters. The van der Waals surface area contributed by atoms with E-state index in [1.165, 1.54) is 4.52 Å². The van der Waals surface area contributed by atoms with Crippen molar-refractivity contribution in [1.82, 2.24) is 19.6 Å². The van der Waals surface area contributed by atoms with E-state index in [-0.39, 0.29) is 5.82 Å². The van der Waals surface area contributed by atoms with Crippen LogP contribution in [0, 0.1) is 13.8 Å². The first-order valence-electron chi connectivity index (χ1n) is 6.73. The topological polar surface area (TPSA) is 81.4 Å². The Morgan fingerprint density at radius 3 is 2.82 bits per heavy atom. The molecule has 0 bridgehead atoms. The van der Waals surface area contributed by atoms with Crippen molar-refractivity contribution < 1.29 is 9.53 Å². The maximum atomic E-state index is 12.3. The fourth-order valence-electron chi connectivity index (χ4n) is 2.10. The van der Waals surface area contributed by atoms with Crippen LogP contribution in [-0.4, -0.2) is 32.6 Å². The maximum absolute atomic E-state index is 12.3. The number of rotatable bonds is 3. The second-order valence-electron chi connectivity index (χ2n) is 4.89.